The van der Waals surface area contributed by atoms with Crippen LogP contribution in [0.25, 0.3) is 0 Å². The minimum atomic E-state index is -0.517. The zero-order valence-corrected chi connectivity index (χ0v) is 16.7. The molecule has 2 rings (SSSR count). The van der Waals surface area contributed by atoms with Gasteiger partial charge in [0.05, 0.1) is 0 Å². The molecule has 2 aromatic rings. The van der Waals surface area contributed by atoms with Gasteiger partial charge in [0.2, 0.25) is 11.8 Å². The molecule has 0 aliphatic rings. The third-order valence-corrected chi connectivity index (χ3v) is 4.54. The van der Waals surface area contributed by atoms with Crippen molar-refractivity contribution in [2.75, 3.05) is 0 Å². The third-order valence-electron chi connectivity index (χ3n) is 4.54. The second-order valence-electron chi connectivity index (χ2n) is 7.33. The maximum absolute atomic E-state index is 13.0. The summed E-state index contributed by atoms with van der Waals surface area (Å²) < 4.78 is 0. The van der Waals surface area contributed by atoms with Gasteiger partial charge in [0.1, 0.15) is 6.04 Å². The molecule has 0 aromatic heterocycles. The lowest BCUT2D eigenvalue weighted by molar-refractivity contribution is -0.140. The van der Waals surface area contributed by atoms with Gasteiger partial charge in [-0.2, -0.15) is 0 Å². The van der Waals surface area contributed by atoms with Crippen molar-refractivity contribution in [3.05, 3.63) is 71.3 Å². The van der Waals surface area contributed by atoms with Crippen LogP contribution >= 0.6 is 0 Å². The van der Waals surface area contributed by atoms with Crippen LogP contribution in [0.5, 0.6) is 0 Å². The molecule has 0 saturated heterocycles. The number of benzene rings is 2. The van der Waals surface area contributed by atoms with Crippen LogP contribution < -0.4 is 5.32 Å². The molecular weight excluding hydrogens is 336 g/mol. The summed E-state index contributed by atoms with van der Waals surface area (Å²) in [6.07, 6.45) is 1.05. The van der Waals surface area contributed by atoms with Gasteiger partial charge in [-0.1, -0.05) is 60.2 Å². The fourth-order valence-corrected chi connectivity index (χ4v) is 2.92. The quantitative estimate of drug-likeness (QED) is 0.771. The van der Waals surface area contributed by atoms with E-state index in [0.29, 0.717) is 19.4 Å². The molecule has 0 radical (unpaired) electrons. The number of hydrogen-bond donors (Lipinski definition) is 1. The Morgan fingerprint density at radius 3 is 2.15 bits per heavy atom. The number of rotatable bonds is 8. The largest absolute Gasteiger partial charge is 0.352 e. The van der Waals surface area contributed by atoms with Gasteiger partial charge in [0.25, 0.3) is 0 Å². The third kappa shape index (κ3) is 6.55. The van der Waals surface area contributed by atoms with E-state index in [1.165, 1.54) is 5.56 Å². The number of aryl methyl sites for hydroxylation is 2. The molecule has 4 nitrogen and oxygen atoms in total. The number of amides is 2. The second-order valence-corrected chi connectivity index (χ2v) is 7.33. The first kappa shape index (κ1) is 20.7. The topological polar surface area (TPSA) is 49.4 Å². The van der Waals surface area contributed by atoms with Crippen molar-refractivity contribution in [2.24, 2.45) is 0 Å². The lowest BCUT2D eigenvalue weighted by atomic mass is 10.1. The van der Waals surface area contributed by atoms with Crippen LogP contribution in [-0.4, -0.2) is 28.8 Å². The molecule has 0 heterocycles. The van der Waals surface area contributed by atoms with Gasteiger partial charge in [-0.25, -0.2) is 0 Å². The molecule has 0 spiro atoms. The van der Waals surface area contributed by atoms with E-state index < -0.39 is 6.04 Å². The van der Waals surface area contributed by atoms with E-state index in [9.17, 15) is 9.59 Å². The number of carbonyl (C=O) groups excluding carboxylic acids is 2. The lowest BCUT2D eigenvalue weighted by Gasteiger charge is -2.29. The zero-order chi connectivity index (χ0) is 19.8. The molecule has 0 unspecified atom stereocenters. The molecular formula is C23H30N2O2. The summed E-state index contributed by atoms with van der Waals surface area (Å²) >= 11 is 0. The van der Waals surface area contributed by atoms with E-state index in [-0.39, 0.29) is 17.9 Å². The highest BCUT2D eigenvalue weighted by molar-refractivity contribution is 5.87. The fourth-order valence-electron chi connectivity index (χ4n) is 2.92. The highest BCUT2D eigenvalue weighted by atomic mass is 16.2. The monoisotopic (exact) mass is 366 g/mol. The Balaban J connectivity index is 2.12. The molecule has 0 saturated carbocycles. The summed E-state index contributed by atoms with van der Waals surface area (Å²) in [5.74, 6) is -0.129. The Morgan fingerprint density at radius 1 is 0.926 bits per heavy atom. The number of carbonyl (C=O) groups is 2. The van der Waals surface area contributed by atoms with Crippen LogP contribution in [0.15, 0.2) is 54.6 Å². The van der Waals surface area contributed by atoms with Gasteiger partial charge >= 0.3 is 0 Å². The van der Waals surface area contributed by atoms with Gasteiger partial charge in [0, 0.05) is 19.0 Å². The Hall–Kier alpha value is -2.62. The predicted molar refractivity (Wildman–Crippen MR) is 109 cm³/mol. The van der Waals surface area contributed by atoms with E-state index in [0.717, 1.165) is 11.1 Å². The van der Waals surface area contributed by atoms with E-state index in [4.69, 9.17) is 0 Å². The van der Waals surface area contributed by atoms with Crippen molar-refractivity contribution in [1.82, 2.24) is 10.2 Å². The summed E-state index contributed by atoms with van der Waals surface area (Å²) in [7, 11) is 0. The summed E-state index contributed by atoms with van der Waals surface area (Å²) in [6.45, 7) is 8.11. The minimum Gasteiger partial charge on any atom is -0.352 e. The van der Waals surface area contributed by atoms with Gasteiger partial charge in [-0.15, -0.1) is 0 Å². The molecule has 0 aliphatic heterocycles. The Bertz CT molecular complexity index is 739. The van der Waals surface area contributed by atoms with Crippen LogP contribution in [0.1, 0.15) is 43.9 Å². The number of nitrogens with zero attached hydrogens (tertiary/aromatic N) is 1. The van der Waals surface area contributed by atoms with Crippen molar-refractivity contribution in [1.29, 1.82) is 0 Å². The van der Waals surface area contributed by atoms with E-state index in [1.807, 2.05) is 75.4 Å². The molecule has 0 aliphatic carbocycles. The SMILES string of the molecule is Cc1ccc(CN(C(=O)CCc2ccccc2)[C@H](C)C(=O)NC(C)C)cc1. The lowest BCUT2D eigenvalue weighted by Crippen LogP contribution is -2.49. The smallest absolute Gasteiger partial charge is 0.242 e. The molecule has 2 amide bonds. The van der Waals surface area contributed by atoms with Crippen LogP contribution in [0, 0.1) is 6.92 Å². The van der Waals surface area contributed by atoms with Crippen molar-refractivity contribution < 1.29 is 9.59 Å². The first-order valence-electron chi connectivity index (χ1n) is 9.56. The van der Waals surface area contributed by atoms with Crippen LogP contribution in [-0.2, 0) is 22.6 Å². The first-order chi connectivity index (χ1) is 12.9. The predicted octanol–water partition coefficient (Wildman–Crippen LogP) is 3.87. The van der Waals surface area contributed by atoms with Crippen LogP contribution in [0.4, 0.5) is 0 Å². The van der Waals surface area contributed by atoms with Crippen molar-refractivity contribution >= 4 is 11.8 Å². The summed E-state index contributed by atoms with van der Waals surface area (Å²) in [5, 5.41) is 2.91. The standard InChI is InChI=1S/C23H30N2O2/c1-17(2)24-23(27)19(4)25(16-21-12-10-18(3)11-13-21)22(26)15-14-20-8-6-5-7-9-20/h5-13,17,19H,14-16H2,1-4H3,(H,24,27)/t19-/m1/s1. The van der Waals surface area contributed by atoms with Crippen molar-refractivity contribution in [2.45, 2.75) is 59.2 Å². The van der Waals surface area contributed by atoms with Gasteiger partial charge in [-0.3, -0.25) is 9.59 Å². The van der Waals surface area contributed by atoms with Crippen LogP contribution in [0.3, 0.4) is 0 Å². The minimum absolute atomic E-state index is 0.00849. The second kappa shape index (κ2) is 9.91. The molecule has 1 atom stereocenters. The average molecular weight is 367 g/mol. The van der Waals surface area contributed by atoms with E-state index in [2.05, 4.69) is 5.32 Å². The number of nitrogens with one attached hydrogen (secondary N) is 1. The highest BCUT2D eigenvalue weighted by Crippen LogP contribution is 2.14. The van der Waals surface area contributed by atoms with Crippen molar-refractivity contribution in [3.63, 3.8) is 0 Å². The van der Waals surface area contributed by atoms with E-state index in [1.54, 1.807) is 11.8 Å². The molecule has 2 aromatic carbocycles. The summed E-state index contributed by atoms with van der Waals surface area (Å²) in [4.78, 5) is 27.2. The van der Waals surface area contributed by atoms with Gasteiger partial charge < -0.3 is 10.2 Å². The fraction of sp³-hybridized carbons (Fsp3) is 0.391. The maximum Gasteiger partial charge on any atom is 0.242 e. The molecule has 0 fully saturated rings. The number of hydrogen-bond acceptors (Lipinski definition) is 2. The highest BCUT2D eigenvalue weighted by Gasteiger charge is 2.26. The Labute approximate surface area is 162 Å². The molecule has 144 valence electrons. The van der Waals surface area contributed by atoms with Gasteiger partial charge in [0.15, 0.2) is 0 Å². The normalized spacial score (nSPS) is 11.9. The van der Waals surface area contributed by atoms with Gasteiger partial charge in [-0.05, 0) is 45.2 Å². The van der Waals surface area contributed by atoms with Crippen LogP contribution in [0.2, 0.25) is 0 Å². The summed E-state index contributed by atoms with van der Waals surface area (Å²) in [5.41, 5.74) is 3.32. The summed E-state index contributed by atoms with van der Waals surface area (Å²) in [6, 6.07) is 17.6. The molecule has 1 N–H and O–H groups in total. The average Bonchev–Trinajstić information content (AvgIpc) is 2.65. The van der Waals surface area contributed by atoms with Crippen molar-refractivity contribution in [3.8, 4) is 0 Å². The molecule has 27 heavy (non-hydrogen) atoms. The Kier molecular flexibility index (Phi) is 7.59. The first-order valence-corrected chi connectivity index (χ1v) is 9.56. The molecule has 0 bridgehead atoms. The maximum atomic E-state index is 13.0. The zero-order valence-electron chi connectivity index (χ0n) is 16.7. The Morgan fingerprint density at radius 2 is 1.56 bits per heavy atom. The molecule has 4 heteroatoms. The van der Waals surface area contributed by atoms with E-state index >= 15 is 0 Å².